The van der Waals surface area contributed by atoms with Gasteiger partial charge >= 0.3 is 6.18 Å². The Bertz CT molecular complexity index is 588. The molecule has 0 aliphatic heterocycles. The first-order valence-electron chi connectivity index (χ1n) is 5.86. The van der Waals surface area contributed by atoms with Gasteiger partial charge in [-0.25, -0.2) is 9.97 Å². The van der Waals surface area contributed by atoms with Crippen LogP contribution >= 0.6 is 0 Å². The number of hydrogen-bond acceptors (Lipinski definition) is 5. The van der Waals surface area contributed by atoms with Crippen molar-refractivity contribution in [2.45, 2.75) is 6.18 Å². The molecule has 0 atom stereocenters. The molecule has 108 valence electrons. The highest BCUT2D eigenvalue weighted by Crippen LogP contribution is 2.18. The molecule has 2 aromatic rings. The Morgan fingerprint density at radius 3 is 2.45 bits per heavy atom. The summed E-state index contributed by atoms with van der Waals surface area (Å²) in [6.07, 6.45) is -4.32. The summed E-state index contributed by atoms with van der Waals surface area (Å²) in [4.78, 5) is 8.39. The van der Waals surface area contributed by atoms with E-state index in [1.54, 1.807) is 12.1 Å². The maximum atomic E-state index is 11.9. The molecule has 0 spiro atoms. The molecule has 3 N–H and O–H groups in total. The van der Waals surface area contributed by atoms with E-state index in [1.165, 1.54) is 0 Å². The van der Waals surface area contributed by atoms with Crippen LogP contribution in [-0.2, 0) is 4.74 Å². The average molecular weight is 286 g/mol. The van der Waals surface area contributed by atoms with Crippen molar-refractivity contribution in [2.24, 2.45) is 0 Å². The molecule has 20 heavy (non-hydrogen) atoms. The summed E-state index contributed by atoms with van der Waals surface area (Å²) in [5.41, 5.74) is 7.02. The topological polar surface area (TPSA) is 73.1 Å². The number of hydrogen-bond donors (Lipinski definition) is 2. The van der Waals surface area contributed by atoms with Gasteiger partial charge in [0, 0.05) is 6.54 Å². The fourth-order valence-corrected chi connectivity index (χ4v) is 1.57. The van der Waals surface area contributed by atoms with Crippen molar-refractivity contribution in [1.82, 2.24) is 9.97 Å². The third-order valence-electron chi connectivity index (χ3n) is 2.40. The fourth-order valence-electron chi connectivity index (χ4n) is 1.57. The zero-order valence-corrected chi connectivity index (χ0v) is 10.4. The van der Waals surface area contributed by atoms with Crippen LogP contribution in [0.2, 0.25) is 0 Å². The van der Waals surface area contributed by atoms with Gasteiger partial charge in [-0.05, 0) is 12.1 Å². The molecule has 1 aromatic heterocycles. The smallest absolute Gasteiger partial charge is 0.381 e. The van der Waals surface area contributed by atoms with Crippen molar-refractivity contribution in [2.75, 3.05) is 30.8 Å². The van der Waals surface area contributed by atoms with Crippen LogP contribution < -0.4 is 11.1 Å². The molecule has 0 saturated heterocycles. The lowest BCUT2D eigenvalue weighted by molar-refractivity contribution is -0.172. The van der Waals surface area contributed by atoms with Gasteiger partial charge < -0.3 is 15.8 Å². The second-order valence-corrected chi connectivity index (χ2v) is 4.04. The quantitative estimate of drug-likeness (QED) is 0.824. The Labute approximate surface area is 113 Å². The summed E-state index contributed by atoms with van der Waals surface area (Å²) in [6, 6.07) is 7.17. The predicted octanol–water partition coefficient (Wildman–Crippen LogP) is 2.20. The minimum atomic E-state index is -4.32. The van der Waals surface area contributed by atoms with E-state index in [-0.39, 0.29) is 19.0 Å². The van der Waals surface area contributed by atoms with E-state index in [4.69, 9.17) is 5.73 Å². The maximum Gasteiger partial charge on any atom is 0.411 e. The van der Waals surface area contributed by atoms with Crippen LogP contribution in [0, 0.1) is 0 Å². The van der Waals surface area contributed by atoms with Crippen molar-refractivity contribution in [3.05, 3.63) is 24.3 Å². The Balaban J connectivity index is 1.91. The van der Waals surface area contributed by atoms with E-state index < -0.39 is 12.8 Å². The van der Waals surface area contributed by atoms with E-state index in [9.17, 15) is 13.2 Å². The standard InChI is InChI=1S/C12H13F3N4O/c13-12(14,15)7-20-6-5-17-11-10(16)18-8-3-1-2-4-9(8)19-11/h1-4H,5-7H2,(H2,16,18)(H,17,19). The SMILES string of the molecule is Nc1nc2ccccc2nc1NCCOCC(F)(F)F. The van der Waals surface area contributed by atoms with Crippen LogP contribution in [-0.4, -0.2) is 35.9 Å². The first kappa shape index (κ1) is 14.3. The number of fused-ring (bicyclic) bond motifs is 1. The first-order chi connectivity index (χ1) is 9.46. The second-order valence-electron chi connectivity index (χ2n) is 4.04. The highest BCUT2D eigenvalue weighted by atomic mass is 19.4. The Morgan fingerprint density at radius 1 is 1.15 bits per heavy atom. The molecule has 0 bridgehead atoms. The largest absolute Gasteiger partial charge is 0.411 e. The van der Waals surface area contributed by atoms with Crippen LogP contribution in [0.25, 0.3) is 11.0 Å². The Hall–Kier alpha value is -2.09. The zero-order chi connectivity index (χ0) is 14.6. The molecule has 2 rings (SSSR count). The number of rotatable bonds is 5. The molecular formula is C12H13F3N4O. The molecule has 8 heteroatoms. The molecule has 1 aromatic carbocycles. The number of nitrogens with two attached hydrogens (primary N) is 1. The van der Waals surface area contributed by atoms with Crippen LogP contribution in [0.4, 0.5) is 24.8 Å². The molecule has 0 unspecified atom stereocenters. The zero-order valence-electron chi connectivity index (χ0n) is 10.4. The minimum Gasteiger partial charge on any atom is -0.381 e. The van der Waals surface area contributed by atoms with Gasteiger partial charge in [-0.15, -0.1) is 0 Å². The Morgan fingerprint density at radius 2 is 1.80 bits per heavy atom. The van der Waals surface area contributed by atoms with Gasteiger partial charge in [0.1, 0.15) is 6.61 Å². The number of benzene rings is 1. The van der Waals surface area contributed by atoms with Crippen LogP contribution in [0.15, 0.2) is 24.3 Å². The van der Waals surface area contributed by atoms with Crippen molar-refractivity contribution < 1.29 is 17.9 Å². The third kappa shape index (κ3) is 3.95. The molecule has 0 saturated carbocycles. The average Bonchev–Trinajstić information content (AvgIpc) is 2.37. The van der Waals surface area contributed by atoms with Gasteiger partial charge in [0.05, 0.1) is 17.6 Å². The number of nitrogens with one attached hydrogen (secondary N) is 1. The van der Waals surface area contributed by atoms with Gasteiger partial charge in [0.15, 0.2) is 11.6 Å². The third-order valence-corrected chi connectivity index (χ3v) is 2.40. The van der Waals surface area contributed by atoms with Gasteiger partial charge in [-0.1, -0.05) is 12.1 Å². The fraction of sp³-hybridized carbons (Fsp3) is 0.333. The van der Waals surface area contributed by atoms with Crippen molar-refractivity contribution >= 4 is 22.7 Å². The van der Waals surface area contributed by atoms with Gasteiger partial charge in [-0.2, -0.15) is 13.2 Å². The summed E-state index contributed by atoms with van der Waals surface area (Å²) >= 11 is 0. The normalized spacial score (nSPS) is 11.8. The lowest BCUT2D eigenvalue weighted by atomic mass is 10.3. The number of anilines is 2. The number of alkyl halides is 3. The number of aromatic nitrogens is 2. The summed E-state index contributed by atoms with van der Waals surface area (Å²) in [5.74, 6) is 0.527. The summed E-state index contributed by atoms with van der Waals surface area (Å²) in [6.45, 7) is -1.21. The molecule has 0 radical (unpaired) electrons. The number of ether oxygens (including phenoxy) is 1. The number of nitrogens with zero attached hydrogens (tertiary/aromatic N) is 2. The monoisotopic (exact) mass is 286 g/mol. The summed E-state index contributed by atoms with van der Waals surface area (Å²) in [7, 11) is 0. The van der Waals surface area contributed by atoms with E-state index in [2.05, 4.69) is 20.0 Å². The molecule has 0 aliphatic carbocycles. The minimum absolute atomic E-state index is 0.104. The molecule has 1 heterocycles. The highest BCUT2D eigenvalue weighted by Gasteiger charge is 2.27. The molecule has 5 nitrogen and oxygen atoms in total. The summed E-state index contributed by atoms with van der Waals surface area (Å²) in [5, 5.41) is 2.80. The van der Waals surface area contributed by atoms with Crippen LogP contribution in [0.1, 0.15) is 0 Å². The molecule has 0 amide bonds. The lowest BCUT2D eigenvalue weighted by Crippen LogP contribution is -2.20. The summed E-state index contributed by atoms with van der Waals surface area (Å²) < 4.78 is 40.0. The number of para-hydroxylation sites is 2. The molecular weight excluding hydrogens is 273 g/mol. The predicted molar refractivity (Wildman–Crippen MR) is 69.3 cm³/mol. The van der Waals surface area contributed by atoms with Gasteiger partial charge in [-0.3, -0.25) is 0 Å². The second kappa shape index (κ2) is 5.91. The molecule has 0 fully saturated rings. The maximum absolute atomic E-state index is 11.9. The van der Waals surface area contributed by atoms with Gasteiger partial charge in [0.2, 0.25) is 0 Å². The van der Waals surface area contributed by atoms with Crippen LogP contribution in [0.3, 0.4) is 0 Å². The first-order valence-corrected chi connectivity index (χ1v) is 5.86. The van der Waals surface area contributed by atoms with Crippen molar-refractivity contribution in [3.63, 3.8) is 0 Å². The lowest BCUT2D eigenvalue weighted by Gasteiger charge is -2.10. The van der Waals surface area contributed by atoms with E-state index in [0.29, 0.717) is 16.9 Å². The van der Waals surface area contributed by atoms with E-state index in [1.807, 2.05) is 12.1 Å². The van der Waals surface area contributed by atoms with Crippen LogP contribution in [0.5, 0.6) is 0 Å². The number of halogens is 3. The molecule has 0 aliphatic rings. The van der Waals surface area contributed by atoms with E-state index in [0.717, 1.165) is 0 Å². The Kier molecular flexibility index (Phi) is 4.23. The highest BCUT2D eigenvalue weighted by molar-refractivity contribution is 5.79. The van der Waals surface area contributed by atoms with Crippen molar-refractivity contribution in [1.29, 1.82) is 0 Å². The van der Waals surface area contributed by atoms with Crippen molar-refractivity contribution in [3.8, 4) is 0 Å². The van der Waals surface area contributed by atoms with Gasteiger partial charge in [0.25, 0.3) is 0 Å². The number of nitrogen functional groups attached to an aromatic ring is 1. The van der Waals surface area contributed by atoms with E-state index >= 15 is 0 Å².